The maximum Gasteiger partial charge on any atom is 0.192 e. The normalized spacial score (nSPS) is 20.9. The van der Waals surface area contributed by atoms with Gasteiger partial charge < -0.3 is 19.5 Å². The van der Waals surface area contributed by atoms with Crippen molar-refractivity contribution < 1.29 is 14.6 Å². The van der Waals surface area contributed by atoms with Crippen LogP contribution in [-0.4, -0.2) is 18.3 Å². The van der Waals surface area contributed by atoms with Gasteiger partial charge in [-0.15, -0.1) is 0 Å². The minimum absolute atomic E-state index is 0.234. The van der Waals surface area contributed by atoms with Crippen LogP contribution >= 0.6 is 0 Å². The molecular formula is C26H27NO3. The molecule has 0 aromatic heterocycles. The third kappa shape index (κ3) is 3.12. The number of hydrogen-bond acceptors (Lipinski definition) is 4. The molecule has 4 nitrogen and oxygen atoms in total. The van der Waals surface area contributed by atoms with Crippen LogP contribution < -0.4 is 14.4 Å². The van der Waals surface area contributed by atoms with Gasteiger partial charge in [0, 0.05) is 29.4 Å². The van der Waals surface area contributed by atoms with Crippen LogP contribution in [0.1, 0.15) is 42.4 Å². The van der Waals surface area contributed by atoms with E-state index in [-0.39, 0.29) is 6.10 Å². The minimum atomic E-state index is -1.24. The smallest absolute Gasteiger partial charge is 0.192 e. The van der Waals surface area contributed by atoms with Gasteiger partial charge >= 0.3 is 0 Å². The SMILES string of the molecule is COc1ccc(N2Cc3ccccc3C2(O)c2ccccc2)cc1OC1CCCC1. The molecule has 30 heavy (non-hydrogen) atoms. The Morgan fingerprint density at radius 2 is 1.63 bits per heavy atom. The topological polar surface area (TPSA) is 41.9 Å². The van der Waals surface area contributed by atoms with E-state index in [9.17, 15) is 5.11 Å². The van der Waals surface area contributed by atoms with Gasteiger partial charge in [0.2, 0.25) is 0 Å². The quantitative estimate of drug-likeness (QED) is 0.636. The summed E-state index contributed by atoms with van der Waals surface area (Å²) in [4.78, 5) is 2.05. The first-order valence-electron chi connectivity index (χ1n) is 10.7. The van der Waals surface area contributed by atoms with Crippen molar-refractivity contribution >= 4 is 5.69 Å². The zero-order chi connectivity index (χ0) is 20.6. The highest BCUT2D eigenvalue weighted by atomic mass is 16.5. The molecule has 0 saturated heterocycles. The summed E-state index contributed by atoms with van der Waals surface area (Å²) in [5.74, 6) is 1.47. The molecule has 1 saturated carbocycles. The van der Waals surface area contributed by atoms with Crippen molar-refractivity contribution in [2.45, 2.75) is 44.1 Å². The highest BCUT2D eigenvalue weighted by Gasteiger charge is 2.45. The Kier molecular flexibility index (Phi) is 4.87. The van der Waals surface area contributed by atoms with Gasteiger partial charge in [-0.25, -0.2) is 0 Å². The first-order valence-corrected chi connectivity index (χ1v) is 10.7. The van der Waals surface area contributed by atoms with E-state index in [1.165, 1.54) is 12.8 Å². The van der Waals surface area contributed by atoms with E-state index in [4.69, 9.17) is 9.47 Å². The molecule has 154 valence electrons. The summed E-state index contributed by atoms with van der Waals surface area (Å²) < 4.78 is 11.9. The fourth-order valence-electron chi connectivity index (χ4n) is 4.80. The molecule has 1 aliphatic heterocycles. The molecule has 1 fully saturated rings. The Morgan fingerprint density at radius 1 is 0.900 bits per heavy atom. The monoisotopic (exact) mass is 401 g/mol. The van der Waals surface area contributed by atoms with Gasteiger partial charge in [0.25, 0.3) is 0 Å². The number of nitrogens with zero attached hydrogens (tertiary/aromatic N) is 1. The van der Waals surface area contributed by atoms with Crippen molar-refractivity contribution in [3.05, 3.63) is 89.5 Å². The second-order valence-electron chi connectivity index (χ2n) is 8.14. The fourth-order valence-corrected chi connectivity index (χ4v) is 4.80. The largest absolute Gasteiger partial charge is 0.493 e. The summed E-state index contributed by atoms with van der Waals surface area (Å²) in [6, 6.07) is 23.9. The molecule has 1 N–H and O–H groups in total. The number of hydrogen-bond donors (Lipinski definition) is 1. The molecule has 2 aliphatic rings. The maximum atomic E-state index is 12.1. The van der Waals surface area contributed by atoms with E-state index >= 15 is 0 Å². The summed E-state index contributed by atoms with van der Waals surface area (Å²) in [6.45, 7) is 0.622. The highest BCUT2D eigenvalue weighted by molar-refractivity contribution is 5.64. The predicted molar refractivity (Wildman–Crippen MR) is 118 cm³/mol. The predicted octanol–water partition coefficient (Wildman–Crippen LogP) is 5.23. The zero-order valence-electron chi connectivity index (χ0n) is 17.3. The average molecular weight is 402 g/mol. The van der Waals surface area contributed by atoms with Gasteiger partial charge in [-0.2, -0.15) is 0 Å². The van der Waals surface area contributed by atoms with Gasteiger partial charge in [-0.3, -0.25) is 0 Å². The van der Waals surface area contributed by atoms with Crippen LogP contribution in [0.5, 0.6) is 11.5 Å². The summed E-state index contributed by atoms with van der Waals surface area (Å²) in [7, 11) is 1.67. The highest BCUT2D eigenvalue weighted by Crippen LogP contribution is 2.46. The lowest BCUT2D eigenvalue weighted by Gasteiger charge is -2.37. The number of methoxy groups -OCH3 is 1. The van der Waals surface area contributed by atoms with Gasteiger partial charge in [0.05, 0.1) is 13.2 Å². The van der Waals surface area contributed by atoms with Crippen molar-refractivity contribution in [2.75, 3.05) is 12.0 Å². The van der Waals surface area contributed by atoms with Crippen LogP contribution in [0.3, 0.4) is 0 Å². The number of anilines is 1. The van der Waals surface area contributed by atoms with Gasteiger partial charge in [0.15, 0.2) is 17.2 Å². The molecule has 1 heterocycles. The number of fused-ring (bicyclic) bond motifs is 1. The third-order valence-electron chi connectivity index (χ3n) is 6.34. The van der Waals surface area contributed by atoms with Crippen LogP contribution in [-0.2, 0) is 12.3 Å². The van der Waals surface area contributed by atoms with Crippen molar-refractivity contribution in [1.82, 2.24) is 0 Å². The zero-order valence-corrected chi connectivity index (χ0v) is 17.3. The van der Waals surface area contributed by atoms with E-state index in [2.05, 4.69) is 6.07 Å². The number of ether oxygens (including phenoxy) is 2. The van der Waals surface area contributed by atoms with Gasteiger partial charge in [-0.1, -0.05) is 54.6 Å². The summed E-state index contributed by atoms with van der Waals surface area (Å²) in [5.41, 5.74) is 2.57. The molecule has 1 atom stereocenters. The van der Waals surface area contributed by atoms with Crippen molar-refractivity contribution in [3.8, 4) is 11.5 Å². The molecule has 0 bridgehead atoms. The third-order valence-corrected chi connectivity index (χ3v) is 6.34. The standard InChI is InChI=1S/C26H27NO3/c1-29-24-16-15-21(17-25(24)30-22-12-6-7-13-22)27-18-19-9-5-8-14-23(19)26(27,28)20-10-3-2-4-11-20/h2-5,8-11,14-17,22,28H,6-7,12-13,18H2,1H3. The van der Waals surface area contributed by atoms with Crippen molar-refractivity contribution in [3.63, 3.8) is 0 Å². The lowest BCUT2D eigenvalue weighted by Crippen LogP contribution is -2.42. The van der Waals surface area contributed by atoms with Crippen LogP contribution in [0, 0.1) is 0 Å². The van der Waals surface area contributed by atoms with Crippen LogP contribution in [0.4, 0.5) is 5.69 Å². The Labute approximate surface area is 177 Å². The maximum absolute atomic E-state index is 12.1. The summed E-state index contributed by atoms with van der Waals surface area (Å²) >= 11 is 0. The minimum Gasteiger partial charge on any atom is -0.493 e. The Balaban J connectivity index is 1.59. The Hall–Kier alpha value is -2.98. The first kappa shape index (κ1) is 19.0. The number of aliphatic hydroxyl groups is 1. The molecule has 1 unspecified atom stereocenters. The molecule has 3 aromatic carbocycles. The van der Waals surface area contributed by atoms with Crippen molar-refractivity contribution in [1.29, 1.82) is 0 Å². The Morgan fingerprint density at radius 3 is 2.40 bits per heavy atom. The fraction of sp³-hybridized carbons (Fsp3) is 0.308. The molecule has 3 aromatic rings. The molecule has 0 amide bonds. The first-order chi connectivity index (χ1) is 14.7. The molecule has 4 heteroatoms. The van der Waals surface area contributed by atoms with E-state index < -0.39 is 5.72 Å². The lowest BCUT2D eigenvalue weighted by molar-refractivity contribution is 0.0852. The molecule has 5 rings (SSSR count). The van der Waals surface area contributed by atoms with E-state index in [1.54, 1.807) is 7.11 Å². The van der Waals surface area contributed by atoms with Crippen LogP contribution in [0.2, 0.25) is 0 Å². The lowest BCUT2D eigenvalue weighted by atomic mass is 9.93. The molecule has 0 radical (unpaired) electrons. The number of benzene rings is 3. The van der Waals surface area contributed by atoms with Gasteiger partial charge in [-0.05, 0) is 43.4 Å². The second-order valence-corrected chi connectivity index (χ2v) is 8.14. The molecule has 1 aliphatic carbocycles. The Bertz CT molecular complexity index is 1030. The van der Waals surface area contributed by atoms with E-state index in [0.29, 0.717) is 6.54 Å². The number of rotatable bonds is 5. The van der Waals surface area contributed by atoms with Gasteiger partial charge in [0.1, 0.15) is 0 Å². The van der Waals surface area contributed by atoms with Crippen LogP contribution in [0.25, 0.3) is 0 Å². The van der Waals surface area contributed by atoms with E-state index in [1.807, 2.05) is 71.6 Å². The molecular weight excluding hydrogens is 374 g/mol. The van der Waals surface area contributed by atoms with E-state index in [0.717, 1.165) is 46.7 Å². The summed E-state index contributed by atoms with van der Waals surface area (Å²) in [5, 5.41) is 12.1. The second kappa shape index (κ2) is 7.69. The van der Waals surface area contributed by atoms with Crippen molar-refractivity contribution in [2.24, 2.45) is 0 Å². The average Bonchev–Trinajstić information content (AvgIpc) is 3.41. The molecule has 0 spiro atoms. The van der Waals surface area contributed by atoms with Crippen LogP contribution in [0.15, 0.2) is 72.8 Å². The summed E-state index contributed by atoms with van der Waals surface area (Å²) in [6.07, 6.45) is 4.81.